The van der Waals surface area contributed by atoms with Crippen LogP contribution in [0.1, 0.15) is 18.1 Å². The van der Waals surface area contributed by atoms with Gasteiger partial charge in [0.1, 0.15) is 0 Å². The Labute approximate surface area is 176 Å². The normalized spacial score (nSPS) is 11.4. The number of rotatable bonds is 7. The van der Waals surface area contributed by atoms with Gasteiger partial charge in [-0.25, -0.2) is 8.42 Å². The zero-order valence-corrected chi connectivity index (χ0v) is 17.5. The van der Waals surface area contributed by atoms with Crippen molar-refractivity contribution in [3.63, 3.8) is 0 Å². The van der Waals surface area contributed by atoms with Gasteiger partial charge in [-0.1, -0.05) is 60.1 Å². The number of hydrogen-bond donors (Lipinski definition) is 1. The van der Waals surface area contributed by atoms with E-state index in [9.17, 15) is 13.2 Å². The van der Waals surface area contributed by atoms with Gasteiger partial charge in [0.15, 0.2) is 0 Å². The lowest BCUT2D eigenvalue weighted by atomic mass is 10.2. The van der Waals surface area contributed by atoms with Gasteiger partial charge in [-0.3, -0.25) is 4.79 Å². The fourth-order valence-corrected chi connectivity index (χ4v) is 4.49. The van der Waals surface area contributed by atoms with Gasteiger partial charge in [-0.2, -0.15) is 4.31 Å². The molecule has 0 unspecified atom stereocenters. The second-order valence-electron chi connectivity index (χ2n) is 6.56. The van der Waals surface area contributed by atoms with Gasteiger partial charge in [0, 0.05) is 30.7 Å². The number of nitrogens with one attached hydrogen (secondary N) is 1. The van der Waals surface area contributed by atoms with Crippen molar-refractivity contribution in [3.8, 4) is 0 Å². The third-order valence-electron chi connectivity index (χ3n) is 4.32. The van der Waals surface area contributed by atoms with E-state index < -0.39 is 10.0 Å². The molecular formula is C22H21ClN2O3S. The maximum absolute atomic E-state index is 13.4. The molecule has 3 aromatic carbocycles. The molecule has 150 valence electrons. The van der Waals surface area contributed by atoms with Crippen molar-refractivity contribution >= 4 is 33.2 Å². The molecule has 0 atom stereocenters. The molecule has 3 rings (SSSR count). The topological polar surface area (TPSA) is 66.5 Å². The Balaban J connectivity index is 1.95. The third kappa shape index (κ3) is 5.44. The average molecular weight is 429 g/mol. The predicted octanol–water partition coefficient (Wildman–Crippen LogP) is 4.69. The zero-order valence-electron chi connectivity index (χ0n) is 15.9. The van der Waals surface area contributed by atoms with Crippen molar-refractivity contribution in [1.29, 1.82) is 0 Å². The summed E-state index contributed by atoms with van der Waals surface area (Å²) in [5, 5.41) is 3.15. The van der Waals surface area contributed by atoms with E-state index in [0.717, 1.165) is 11.1 Å². The van der Waals surface area contributed by atoms with Crippen molar-refractivity contribution in [1.82, 2.24) is 4.31 Å². The first kappa shape index (κ1) is 21.0. The first-order valence-electron chi connectivity index (χ1n) is 9.01. The summed E-state index contributed by atoms with van der Waals surface area (Å²) in [4.78, 5) is 11.3. The predicted molar refractivity (Wildman–Crippen MR) is 115 cm³/mol. The number of halogens is 1. The molecule has 0 saturated heterocycles. The molecule has 0 saturated carbocycles. The molecule has 0 aromatic heterocycles. The van der Waals surface area contributed by atoms with E-state index in [2.05, 4.69) is 5.32 Å². The second-order valence-corrected chi connectivity index (χ2v) is 8.90. The van der Waals surface area contributed by atoms with E-state index in [4.69, 9.17) is 11.6 Å². The molecule has 0 spiro atoms. The lowest BCUT2D eigenvalue weighted by molar-refractivity contribution is -0.114. The highest BCUT2D eigenvalue weighted by molar-refractivity contribution is 7.89. The summed E-state index contributed by atoms with van der Waals surface area (Å²) in [5.41, 5.74) is 2.14. The van der Waals surface area contributed by atoms with Crippen molar-refractivity contribution in [2.75, 3.05) is 5.32 Å². The fourth-order valence-electron chi connectivity index (χ4n) is 2.89. The molecule has 7 heteroatoms. The van der Waals surface area contributed by atoms with Crippen LogP contribution in [-0.2, 0) is 27.9 Å². The summed E-state index contributed by atoms with van der Waals surface area (Å²) >= 11 is 6.27. The minimum Gasteiger partial charge on any atom is -0.326 e. The molecule has 0 heterocycles. The number of hydrogen-bond acceptors (Lipinski definition) is 3. The van der Waals surface area contributed by atoms with Crippen LogP contribution in [0.15, 0.2) is 83.8 Å². The number of anilines is 1. The van der Waals surface area contributed by atoms with Gasteiger partial charge in [0.25, 0.3) is 0 Å². The summed E-state index contributed by atoms with van der Waals surface area (Å²) in [6.07, 6.45) is 0. The Kier molecular flexibility index (Phi) is 6.69. The highest BCUT2D eigenvalue weighted by atomic mass is 35.5. The number of carbonyl (C=O) groups excluding carboxylic acids is 1. The van der Waals surface area contributed by atoms with Crippen LogP contribution in [0.25, 0.3) is 0 Å². The Morgan fingerprint density at radius 3 is 2.14 bits per heavy atom. The molecule has 0 radical (unpaired) electrons. The SMILES string of the molecule is CC(=O)Nc1ccc(S(=O)(=O)N(Cc2ccccc2)Cc2ccccc2Cl)cc1. The van der Waals surface area contributed by atoms with Crippen LogP contribution in [-0.4, -0.2) is 18.6 Å². The molecule has 3 aromatic rings. The Morgan fingerprint density at radius 1 is 0.897 bits per heavy atom. The number of sulfonamides is 1. The average Bonchev–Trinajstić information content (AvgIpc) is 2.70. The molecule has 1 N–H and O–H groups in total. The Hall–Kier alpha value is -2.67. The van der Waals surface area contributed by atoms with Crippen LogP contribution in [0.4, 0.5) is 5.69 Å². The second kappa shape index (κ2) is 9.22. The molecule has 0 aliphatic carbocycles. The number of amides is 1. The van der Waals surface area contributed by atoms with Gasteiger partial charge in [0.2, 0.25) is 15.9 Å². The maximum Gasteiger partial charge on any atom is 0.243 e. The number of carbonyl (C=O) groups is 1. The molecular weight excluding hydrogens is 408 g/mol. The molecule has 5 nitrogen and oxygen atoms in total. The smallest absolute Gasteiger partial charge is 0.243 e. The highest BCUT2D eigenvalue weighted by Crippen LogP contribution is 2.25. The third-order valence-corrected chi connectivity index (χ3v) is 6.49. The number of benzene rings is 3. The van der Waals surface area contributed by atoms with Crippen LogP contribution in [0.2, 0.25) is 5.02 Å². The van der Waals surface area contributed by atoms with Crippen LogP contribution < -0.4 is 5.32 Å². The highest BCUT2D eigenvalue weighted by Gasteiger charge is 2.25. The first-order chi connectivity index (χ1) is 13.9. The van der Waals surface area contributed by atoms with Gasteiger partial charge < -0.3 is 5.32 Å². The minimum absolute atomic E-state index is 0.143. The van der Waals surface area contributed by atoms with Crippen molar-refractivity contribution in [3.05, 3.63) is 95.0 Å². The van der Waals surface area contributed by atoms with E-state index in [-0.39, 0.29) is 23.9 Å². The van der Waals surface area contributed by atoms with Crippen LogP contribution in [0, 0.1) is 0 Å². The van der Waals surface area contributed by atoms with Gasteiger partial charge in [-0.15, -0.1) is 0 Å². The van der Waals surface area contributed by atoms with E-state index >= 15 is 0 Å². The van der Waals surface area contributed by atoms with Crippen LogP contribution in [0.5, 0.6) is 0 Å². The standard InChI is InChI=1S/C22H21ClN2O3S/c1-17(26)24-20-11-13-21(14-12-20)29(27,28)25(15-18-7-3-2-4-8-18)16-19-9-5-6-10-22(19)23/h2-14H,15-16H2,1H3,(H,24,26). The summed E-state index contributed by atoms with van der Waals surface area (Å²) in [6.45, 7) is 1.75. The molecule has 29 heavy (non-hydrogen) atoms. The lowest BCUT2D eigenvalue weighted by Crippen LogP contribution is -2.30. The van der Waals surface area contributed by atoms with E-state index in [1.807, 2.05) is 48.5 Å². The molecule has 0 aliphatic rings. The minimum atomic E-state index is -3.80. The summed E-state index contributed by atoms with van der Waals surface area (Å²) in [7, 11) is -3.80. The van der Waals surface area contributed by atoms with Crippen molar-refractivity contribution in [2.45, 2.75) is 24.9 Å². The summed E-state index contributed by atoms with van der Waals surface area (Å²) < 4.78 is 28.2. The zero-order chi connectivity index (χ0) is 20.9. The largest absolute Gasteiger partial charge is 0.326 e. The number of nitrogens with zero attached hydrogens (tertiary/aromatic N) is 1. The maximum atomic E-state index is 13.4. The summed E-state index contributed by atoms with van der Waals surface area (Å²) in [6, 6.07) is 22.7. The Bertz CT molecular complexity index is 1080. The van der Waals surface area contributed by atoms with E-state index in [0.29, 0.717) is 10.7 Å². The van der Waals surface area contributed by atoms with Crippen LogP contribution >= 0.6 is 11.6 Å². The lowest BCUT2D eigenvalue weighted by Gasteiger charge is -2.23. The van der Waals surface area contributed by atoms with Gasteiger partial charge >= 0.3 is 0 Å². The molecule has 1 amide bonds. The van der Waals surface area contributed by atoms with E-state index in [1.165, 1.54) is 23.4 Å². The van der Waals surface area contributed by atoms with Gasteiger partial charge in [-0.05, 0) is 41.5 Å². The van der Waals surface area contributed by atoms with Crippen molar-refractivity contribution in [2.24, 2.45) is 0 Å². The quantitative estimate of drug-likeness (QED) is 0.593. The molecule has 0 aliphatic heterocycles. The van der Waals surface area contributed by atoms with E-state index in [1.54, 1.807) is 18.2 Å². The monoisotopic (exact) mass is 428 g/mol. The fraction of sp³-hybridized carbons (Fsp3) is 0.136. The summed E-state index contributed by atoms with van der Waals surface area (Å²) in [5.74, 6) is -0.218. The first-order valence-corrected chi connectivity index (χ1v) is 10.8. The van der Waals surface area contributed by atoms with Crippen molar-refractivity contribution < 1.29 is 13.2 Å². The van der Waals surface area contributed by atoms with Crippen LogP contribution in [0.3, 0.4) is 0 Å². The van der Waals surface area contributed by atoms with Gasteiger partial charge in [0.05, 0.1) is 4.90 Å². The Morgan fingerprint density at radius 2 is 1.52 bits per heavy atom. The molecule has 0 bridgehead atoms. The molecule has 0 fully saturated rings.